The fourth-order valence-corrected chi connectivity index (χ4v) is 5.29. The molecule has 1 aromatic carbocycles. The van der Waals surface area contributed by atoms with E-state index < -0.39 is 0 Å². The molecule has 0 atom stereocenters. The number of hydrogen-bond donors (Lipinski definition) is 1. The predicted octanol–water partition coefficient (Wildman–Crippen LogP) is 6.14. The van der Waals surface area contributed by atoms with E-state index in [4.69, 9.17) is 4.74 Å². The summed E-state index contributed by atoms with van der Waals surface area (Å²) in [5, 5.41) is 3.71. The van der Waals surface area contributed by atoms with E-state index in [0.717, 1.165) is 20.4 Å². The molecule has 0 unspecified atom stereocenters. The number of anilines is 1. The van der Waals surface area contributed by atoms with Gasteiger partial charge in [0.15, 0.2) is 0 Å². The van der Waals surface area contributed by atoms with Crippen LogP contribution in [0, 0.1) is 5.41 Å². The Morgan fingerprint density at radius 1 is 1.05 bits per heavy atom. The lowest BCUT2D eigenvalue weighted by Crippen LogP contribution is -2.31. The van der Waals surface area contributed by atoms with Crippen molar-refractivity contribution in [2.75, 3.05) is 12.4 Å². The average Bonchev–Trinajstić information content (AvgIpc) is 2.93. The third kappa shape index (κ3) is 3.42. The second-order valence-electron chi connectivity index (χ2n) is 6.59. The summed E-state index contributed by atoms with van der Waals surface area (Å²) in [5.74, 6) is 0.878. The molecule has 116 valence electrons. The molecule has 21 heavy (non-hydrogen) atoms. The second-order valence-corrected chi connectivity index (χ2v) is 8.30. The summed E-state index contributed by atoms with van der Waals surface area (Å²) in [6.07, 6.45) is 11.2. The van der Waals surface area contributed by atoms with Crippen LogP contribution < -0.4 is 10.1 Å². The molecule has 0 bridgehead atoms. The molecule has 0 amide bonds. The fraction of sp³-hybridized carbons (Fsp3) is 0.647. The highest BCUT2D eigenvalue weighted by molar-refractivity contribution is 9.11. The minimum absolute atomic E-state index is 0.596. The Bertz CT molecular complexity index is 502. The maximum atomic E-state index is 5.40. The zero-order valence-corrected chi connectivity index (χ0v) is 15.7. The van der Waals surface area contributed by atoms with Gasteiger partial charge in [-0.3, -0.25) is 0 Å². The van der Waals surface area contributed by atoms with Crippen LogP contribution in [0.1, 0.15) is 51.4 Å². The van der Waals surface area contributed by atoms with Crippen LogP contribution in [0.15, 0.2) is 21.1 Å². The van der Waals surface area contributed by atoms with Gasteiger partial charge >= 0.3 is 0 Å². The first-order chi connectivity index (χ1) is 10.1. The van der Waals surface area contributed by atoms with Gasteiger partial charge in [-0.25, -0.2) is 0 Å². The van der Waals surface area contributed by atoms with Gasteiger partial charge in [0.25, 0.3) is 0 Å². The van der Waals surface area contributed by atoms with E-state index in [0.29, 0.717) is 11.5 Å². The Morgan fingerprint density at radius 3 is 2.33 bits per heavy atom. The Labute approximate surface area is 144 Å². The Hall–Kier alpha value is -0.220. The minimum atomic E-state index is 0.596. The summed E-state index contributed by atoms with van der Waals surface area (Å²) in [4.78, 5) is 0. The normalized spacial score (nSPS) is 21.7. The number of nitrogens with one attached hydrogen (secondary N) is 1. The number of hydrogen-bond acceptors (Lipinski definition) is 2. The van der Waals surface area contributed by atoms with E-state index in [2.05, 4.69) is 49.3 Å². The summed E-state index contributed by atoms with van der Waals surface area (Å²) < 4.78 is 7.47. The molecule has 2 nitrogen and oxygen atoms in total. The molecule has 0 radical (unpaired) electrons. The van der Waals surface area contributed by atoms with Gasteiger partial charge in [-0.1, -0.05) is 12.8 Å². The number of methoxy groups -OCH3 is 1. The molecule has 0 saturated heterocycles. The molecule has 2 aliphatic carbocycles. The van der Waals surface area contributed by atoms with Gasteiger partial charge in [-0.15, -0.1) is 0 Å². The highest BCUT2D eigenvalue weighted by atomic mass is 79.9. The van der Waals surface area contributed by atoms with Crippen molar-refractivity contribution in [1.29, 1.82) is 0 Å². The molecule has 1 spiro atoms. The highest BCUT2D eigenvalue weighted by Gasteiger charge is 2.37. The van der Waals surface area contributed by atoms with E-state index in [1.165, 1.54) is 51.4 Å². The van der Waals surface area contributed by atoms with Crippen molar-refractivity contribution < 1.29 is 4.74 Å². The molecule has 1 aromatic rings. The van der Waals surface area contributed by atoms with Crippen LogP contribution in [0.4, 0.5) is 5.69 Å². The molecular formula is C17H23Br2NO. The summed E-state index contributed by atoms with van der Waals surface area (Å²) in [7, 11) is 1.71. The fourth-order valence-electron chi connectivity index (χ4n) is 4.02. The van der Waals surface area contributed by atoms with Crippen molar-refractivity contribution in [3.63, 3.8) is 0 Å². The molecule has 0 heterocycles. The zero-order valence-electron chi connectivity index (χ0n) is 12.6. The third-order valence-corrected chi connectivity index (χ3v) is 6.59. The topological polar surface area (TPSA) is 21.3 Å². The zero-order chi connectivity index (χ0) is 14.9. The van der Waals surface area contributed by atoms with Crippen LogP contribution in [0.5, 0.6) is 5.75 Å². The van der Waals surface area contributed by atoms with Gasteiger partial charge in [-0.2, -0.15) is 0 Å². The summed E-state index contributed by atoms with van der Waals surface area (Å²) in [5.41, 5.74) is 1.84. The molecule has 2 aliphatic rings. The van der Waals surface area contributed by atoms with Crippen LogP contribution in [0.2, 0.25) is 0 Å². The van der Waals surface area contributed by atoms with Gasteiger partial charge in [0.1, 0.15) is 5.75 Å². The van der Waals surface area contributed by atoms with Gasteiger partial charge in [-0.05, 0) is 81.9 Å². The van der Waals surface area contributed by atoms with Crippen molar-refractivity contribution in [3.8, 4) is 5.75 Å². The van der Waals surface area contributed by atoms with Gasteiger partial charge in [0, 0.05) is 16.6 Å². The molecule has 2 fully saturated rings. The largest absolute Gasteiger partial charge is 0.495 e. The lowest BCUT2D eigenvalue weighted by Gasteiger charge is -2.38. The van der Waals surface area contributed by atoms with Gasteiger partial charge < -0.3 is 10.1 Å². The SMILES string of the molecule is COc1cc(NC2CCC3(CCCC3)CC2)c(Br)cc1Br. The maximum absolute atomic E-state index is 5.40. The molecule has 0 aliphatic heterocycles. The summed E-state index contributed by atoms with van der Waals surface area (Å²) in [6.45, 7) is 0. The van der Waals surface area contributed by atoms with Crippen LogP contribution >= 0.6 is 31.9 Å². The van der Waals surface area contributed by atoms with Crippen molar-refractivity contribution in [3.05, 3.63) is 21.1 Å². The molecule has 3 rings (SSSR count). The average molecular weight is 417 g/mol. The van der Waals surface area contributed by atoms with E-state index in [1.807, 2.05) is 0 Å². The first-order valence-electron chi connectivity index (χ1n) is 7.91. The van der Waals surface area contributed by atoms with Crippen LogP contribution in [0.25, 0.3) is 0 Å². The molecular weight excluding hydrogens is 394 g/mol. The third-order valence-electron chi connectivity index (χ3n) is 5.31. The van der Waals surface area contributed by atoms with Crippen molar-refractivity contribution >= 4 is 37.5 Å². The number of ether oxygens (including phenoxy) is 1. The van der Waals surface area contributed by atoms with Crippen LogP contribution in [0.3, 0.4) is 0 Å². The first kappa shape index (κ1) is 15.7. The van der Waals surface area contributed by atoms with Crippen LogP contribution in [-0.2, 0) is 0 Å². The second kappa shape index (κ2) is 6.49. The quantitative estimate of drug-likeness (QED) is 0.639. The van der Waals surface area contributed by atoms with E-state index in [-0.39, 0.29) is 0 Å². The summed E-state index contributed by atoms with van der Waals surface area (Å²) in [6, 6.07) is 4.73. The molecule has 0 aromatic heterocycles. The van der Waals surface area contributed by atoms with E-state index in [1.54, 1.807) is 7.11 Å². The summed E-state index contributed by atoms with van der Waals surface area (Å²) >= 11 is 7.17. The Balaban J connectivity index is 1.65. The van der Waals surface area contributed by atoms with Crippen molar-refractivity contribution in [2.45, 2.75) is 57.4 Å². The number of rotatable bonds is 3. The predicted molar refractivity (Wildman–Crippen MR) is 95.2 cm³/mol. The molecule has 1 N–H and O–H groups in total. The lowest BCUT2D eigenvalue weighted by atomic mass is 9.71. The molecule has 4 heteroatoms. The van der Waals surface area contributed by atoms with Crippen molar-refractivity contribution in [1.82, 2.24) is 0 Å². The van der Waals surface area contributed by atoms with E-state index >= 15 is 0 Å². The Morgan fingerprint density at radius 2 is 1.71 bits per heavy atom. The first-order valence-corrected chi connectivity index (χ1v) is 9.50. The van der Waals surface area contributed by atoms with Crippen molar-refractivity contribution in [2.24, 2.45) is 5.41 Å². The lowest BCUT2D eigenvalue weighted by molar-refractivity contribution is 0.188. The Kier molecular flexibility index (Phi) is 4.84. The van der Waals surface area contributed by atoms with Crippen LogP contribution in [-0.4, -0.2) is 13.2 Å². The smallest absolute Gasteiger partial charge is 0.135 e. The highest BCUT2D eigenvalue weighted by Crippen LogP contribution is 2.49. The van der Waals surface area contributed by atoms with Gasteiger partial charge in [0.05, 0.1) is 17.3 Å². The number of benzene rings is 1. The molecule has 2 saturated carbocycles. The van der Waals surface area contributed by atoms with Gasteiger partial charge in [0.2, 0.25) is 0 Å². The van der Waals surface area contributed by atoms with E-state index in [9.17, 15) is 0 Å². The minimum Gasteiger partial charge on any atom is -0.495 e. The standard InChI is InChI=1S/C17H23Br2NO/c1-21-16-11-15(13(18)10-14(16)19)20-12-4-8-17(9-5-12)6-2-3-7-17/h10-12,20H,2-9H2,1H3. The maximum Gasteiger partial charge on any atom is 0.135 e. The number of halogens is 2. The monoisotopic (exact) mass is 415 g/mol.